The summed E-state index contributed by atoms with van der Waals surface area (Å²) in [6.07, 6.45) is 0. The maximum Gasteiger partial charge on any atom is 0.319 e. The molecule has 0 saturated carbocycles. The Morgan fingerprint density at radius 3 is 2.43 bits per heavy atom. The second-order valence-electron chi connectivity index (χ2n) is 5.41. The van der Waals surface area contributed by atoms with Crippen LogP contribution in [0.15, 0.2) is 40.9 Å². The van der Waals surface area contributed by atoms with Crippen molar-refractivity contribution in [2.75, 3.05) is 18.5 Å². The number of para-hydroxylation sites is 1. The molecule has 0 aliphatic carbocycles. The number of hydrogen-bond donors (Lipinski definition) is 2. The molecule has 0 unspecified atom stereocenters. The molecule has 2 rings (SSSR count). The number of amides is 2. The number of anilines is 1. The van der Waals surface area contributed by atoms with Crippen LogP contribution in [-0.4, -0.2) is 19.2 Å². The van der Waals surface area contributed by atoms with E-state index in [1.54, 1.807) is 0 Å². The van der Waals surface area contributed by atoms with Gasteiger partial charge < -0.3 is 15.4 Å². The summed E-state index contributed by atoms with van der Waals surface area (Å²) >= 11 is 3.45. The lowest BCUT2D eigenvalue weighted by Gasteiger charge is -2.13. The number of urea groups is 1. The van der Waals surface area contributed by atoms with Gasteiger partial charge in [-0.05, 0) is 49.6 Å². The second-order valence-corrected chi connectivity index (χ2v) is 6.27. The second kappa shape index (κ2) is 8.02. The van der Waals surface area contributed by atoms with E-state index in [0.717, 1.165) is 32.6 Å². The van der Waals surface area contributed by atoms with Crippen LogP contribution in [0.25, 0.3) is 0 Å². The van der Waals surface area contributed by atoms with Crippen molar-refractivity contribution in [3.05, 3.63) is 57.6 Å². The van der Waals surface area contributed by atoms with Gasteiger partial charge in [-0.3, -0.25) is 0 Å². The van der Waals surface area contributed by atoms with Gasteiger partial charge in [0, 0.05) is 10.2 Å². The van der Waals surface area contributed by atoms with Gasteiger partial charge in [0.1, 0.15) is 12.4 Å². The molecule has 0 aromatic heterocycles. The summed E-state index contributed by atoms with van der Waals surface area (Å²) in [7, 11) is 0. The van der Waals surface area contributed by atoms with Crippen molar-refractivity contribution >= 4 is 27.6 Å². The van der Waals surface area contributed by atoms with E-state index in [9.17, 15) is 4.79 Å². The Hall–Kier alpha value is -2.01. The first kappa shape index (κ1) is 17.3. The van der Waals surface area contributed by atoms with E-state index in [0.29, 0.717) is 13.2 Å². The van der Waals surface area contributed by atoms with E-state index in [1.165, 1.54) is 0 Å². The zero-order chi connectivity index (χ0) is 16.8. The summed E-state index contributed by atoms with van der Waals surface area (Å²) < 4.78 is 6.72. The number of carbonyl (C=O) groups excluding carboxylic acids is 1. The standard InChI is InChI=1S/C18H21BrN2O2/c1-12-7-8-15(11-16(12)19)21-18(22)20-9-10-23-17-13(2)5-4-6-14(17)3/h4-8,11H,9-10H2,1-3H3,(H2,20,21,22). The molecule has 2 N–H and O–H groups in total. The molecule has 122 valence electrons. The Labute approximate surface area is 145 Å². The van der Waals surface area contributed by atoms with Gasteiger partial charge in [-0.1, -0.05) is 40.2 Å². The van der Waals surface area contributed by atoms with Crippen molar-refractivity contribution in [1.82, 2.24) is 5.32 Å². The lowest BCUT2D eigenvalue weighted by atomic mass is 10.1. The molecule has 0 radical (unpaired) electrons. The zero-order valence-corrected chi connectivity index (χ0v) is 15.2. The highest BCUT2D eigenvalue weighted by atomic mass is 79.9. The summed E-state index contributed by atoms with van der Waals surface area (Å²) in [5, 5.41) is 5.58. The van der Waals surface area contributed by atoms with Gasteiger partial charge >= 0.3 is 6.03 Å². The molecular formula is C18H21BrN2O2. The van der Waals surface area contributed by atoms with Crippen molar-refractivity contribution in [1.29, 1.82) is 0 Å². The maximum atomic E-state index is 11.9. The van der Waals surface area contributed by atoms with Crippen molar-refractivity contribution in [3.8, 4) is 5.75 Å². The zero-order valence-electron chi connectivity index (χ0n) is 13.6. The van der Waals surface area contributed by atoms with Crippen LogP contribution in [0.4, 0.5) is 10.5 Å². The first-order valence-electron chi connectivity index (χ1n) is 7.47. The molecule has 0 fully saturated rings. The van der Waals surface area contributed by atoms with Crippen LogP contribution in [0.2, 0.25) is 0 Å². The van der Waals surface area contributed by atoms with Gasteiger partial charge in [-0.25, -0.2) is 4.79 Å². The summed E-state index contributed by atoms with van der Waals surface area (Å²) in [5.74, 6) is 0.886. The van der Waals surface area contributed by atoms with Crippen LogP contribution in [0, 0.1) is 20.8 Å². The number of carbonyl (C=O) groups is 1. The van der Waals surface area contributed by atoms with E-state index in [1.807, 2.05) is 57.2 Å². The molecule has 0 spiro atoms. The highest BCUT2D eigenvalue weighted by molar-refractivity contribution is 9.10. The molecule has 4 nitrogen and oxygen atoms in total. The highest BCUT2D eigenvalue weighted by Crippen LogP contribution is 2.22. The van der Waals surface area contributed by atoms with E-state index >= 15 is 0 Å². The fourth-order valence-electron chi connectivity index (χ4n) is 2.19. The highest BCUT2D eigenvalue weighted by Gasteiger charge is 2.05. The van der Waals surface area contributed by atoms with E-state index in [4.69, 9.17) is 4.74 Å². The number of aryl methyl sites for hydroxylation is 3. The molecule has 2 aromatic carbocycles. The molecular weight excluding hydrogens is 356 g/mol. The minimum Gasteiger partial charge on any atom is -0.491 e. The number of ether oxygens (including phenoxy) is 1. The SMILES string of the molecule is Cc1ccc(NC(=O)NCCOc2c(C)cccc2C)cc1Br. The minimum absolute atomic E-state index is 0.245. The third-order valence-electron chi connectivity index (χ3n) is 3.47. The third-order valence-corrected chi connectivity index (χ3v) is 4.33. The Morgan fingerprint density at radius 1 is 1.09 bits per heavy atom. The van der Waals surface area contributed by atoms with Crippen LogP contribution in [0.3, 0.4) is 0 Å². The summed E-state index contributed by atoms with van der Waals surface area (Å²) in [6.45, 7) is 6.89. The van der Waals surface area contributed by atoms with E-state index in [2.05, 4.69) is 26.6 Å². The summed E-state index contributed by atoms with van der Waals surface area (Å²) in [4.78, 5) is 11.9. The van der Waals surface area contributed by atoms with Crippen molar-refractivity contribution in [2.24, 2.45) is 0 Å². The summed E-state index contributed by atoms with van der Waals surface area (Å²) in [6, 6.07) is 11.5. The van der Waals surface area contributed by atoms with E-state index in [-0.39, 0.29) is 6.03 Å². The molecule has 5 heteroatoms. The molecule has 0 saturated heterocycles. The van der Waals surface area contributed by atoms with Gasteiger partial charge in [0.05, 0.1) is 6.54 Å². The van der Waals surface area contributed by atoms with Crippen LogP contribution in [0.5, 0.6) is 5.75 Å². The predicted octanol–water partition coefficient (Wildman–Crippen LogP) is 4.57. The fourth-order valence-corrected chi connectivity index (χ4v) is 2.57. The van der Waals surface area contributed by atoms with Crippen molar-refractivity contribution in [2.45, 2.75) is 20.8 Å². The molecule has 23 heavy (non-hydrogen) atoms. The lowest BCUT2D eigenvalue weighted by molar-refractivity contribution is 0.247. The average molecular weight is 377 g/mol. The smallest absolute Gasteiger partial charge is 0.319 e. The van der Waals surface area contributed by atoms with Gasteiger partial charge in [-0.15, -0.1) is 0 Å². The topological polar surface area (TPSA) is 50.4 Å². The van der Waals surface area contributed by atoms with Crippen LogP contribution in [0.1, 0.15) is 16.7 Å². The quantitative estimate of drug-likeness (QED) is 0.750. The Morgan fingerprint density at radius 2 is 1.78 bits per heavy atom. The van der Waals surface area contributed by atoms with Crippen molar-refractivity contribution < 1.29 is 9.53 Å². The molecule has 0 heterocycles. The van der Waals surface area contributed by atoms with Gasteiger partial charge in [0.2, 0.25) is 0 Å². The average Bonchev–Trinajstić information content (AvgIpc) is 2.50. The van der Waals surface area contributed by atoms with Crippen LogP contribution in [-0.2, 0) is 0 Å². The fraction of sp³-hybridized carbons (Fsp3) is 0.278. The van der Waals surface area contributed by atoms with Crippen molar-refractivity contribution in [3.63, 3.8) is 0 Å². The molecule has 2 aromatic rings. The number of rotatable bonds is 5. The molecule has 0 bridgehead atoms. The molecule has 0 atom stereocenters. The molecule has 0 aliphatic heterocycles. The molecule has 2 amide bonds. The third kappa shape index (κ3) is 4.99. The molecule has 0 aliphatic rings. The number of nitrogens with one attached hydrogen (secondary N) is 2. The van der Waals surface area contributed by atoms with Crippen LogP contribution < -0.4 is 15.4 Å². The lowest BCUT2D eigenvalue weighted by Crippen LogP contribution is -2.32. The number of hydrogen-bond acceptors (Lipinski definition) is 2. The maximum absolute atomic E-state index is 11.9. The number of halogens is 1. The number of benzene rings is 2. The largest absolute Gasteiger partial charge is 0.491 e. The van der Waals surface area contributed by atoms with Gasteiger partial charge in [0.15, 0.2) is 0 Å². The van der Waals surface area contributed by atoms with E-state index < -0.39 is 0 Å². The predicted molar refractivity (Wildman–Crippen MR) is 97.3 cm³/mol. The summed E-state index contributed by atoms with van der Waals surface area (Å²) in [5.41, 5.74) is 4.06. The first-order chi connectivity index (χ1) is 11.0. The van der Waals surface area contributed by atoms with Gasteiger partial charge in [0.25, 0.3) is 0 Å². The first-order valence-corrected chi connectivity index (χ1v) is 8.26. The Balaban J connectivity index is 1.78. The monoisotopic (exact) mass is 376 g/mol. The normalized spacial score (nSPS) is 10.3. The Kier molecular flexibility index (Phi) is 6.04. The van der Waals surface area contributed by atoms with Gasteiger partial charge in [-0.2, -0.15) is 0 Å². The minimum atomic E-state index is -0.245. The Bertz CT molecular complexity index is 681. The van der Waals surface area contributed by atoms with Crippen LogP contribution >= 0.6 is 15.9 Å².